The zero-order chi connectivity index (χ0) is 41.1. The monoisotopic (exact) mass is 793 g/mol. The van der Waals surface area contributed by atoms with Gasteiger partial charge in [-0.25, -0.2) is 14.4 Å². The molecule has 0 fully saturated rings. The highest BCUT2D eigenvalue weighted by atomic mass is 19.4. The predicted octanol–water partition coefficient (Wildman–Crippen LogP) is 9.03. The van der Waals surface area contributed by atoms with E-state index in [-0.39, 0.29) is 65.2 Å². The van der Waals surface area contributed by atoms with Gasteiger partial charge < -0.3 is 29.3 Å². The van der Waals surface area contributed by atoms with Crippen molar-refractivity contribution in [3.63, 3.8) is 0 Å². The number of aliphatic hydroxyl groups is 1. The van der Waals surface area contributed by atoms with E-state index < -0.39 is 77.0 Å². The summed E-state index contributed by atoms with van der Waals surface area (Å²) in [6.45, 7) is 0.980. The number of aromatic nitrogens is 2. The zero-order valence-electron chi connectivity index (χ0n) is 29.4. The number of carbonyl (C=O) groups is 1. The number of nitrogens with zero attached hydrogens (tertiary/aromatic N) is 3. The van der Waals surface area contributed by atoms with E-state index in [1.807, 2.05) is 0 Å². The second-order valence-electron chi connectivity index (χ2n) is 12.6. The first-order valence-corrected chi connectivity index (χ1v) is 16.0. The van der Waals surface area contributed by atoms with Gasteiger partial charge in [0.05, 0.1) is 55.5 Å². The highest BCUT2D eigenvalue weighted by molar-refractivity contribution is 5.77. The van der Waals surface area contributed by atoms with Crippen LogP contribution >= 0.6 is 0 Å². The lowest BCUT2D eigenvalue weighted by Crippen LogP contribution is -2.26. The summed E-state index contributed by atoms with van der Waals surface area (Å²) in [5, 5.41) is 19.5. The standard InChI is InChI=1S/C36H33F10N3O6/c1-33(2,52)26-13-25(29(53-3)14-28(26)37)24-12-27(36(44,45)46)30(54-4)10-20(24)18-49(32-47-15-23(16-48-32)55-7-5-6-31(50)51)17-19-8-21(34(38,39)40)11-22(9-19)35(41,42)43/h8-16,52H,5-7,17-18H2,1-4H3,(H,50,51). The molecule has 1 aromatic heterocycles. The molecule has 0 aliphatic rings. The predicted molar refractivity (Wildman–Crippen MR) is 176 cm³/mol. The minimum absolute atomic E-state index is 0.0135. The third-order valence-corrected chi connectivity index (χ3v) is 8.05. The Morgan fingerprint density at radius 3 is 1.80 bits per heavy atom. The maximum atomic E-state index is 15.1. The molecule has 55 heavy (non-hydrogen) atoms. The molecule has 0 atom stereocenters. The molecule has 19 heteroatoms. The molecule has 0 unspecified atom stereocenters. The highest BCUT2D eigenvalue weighted by Crippen LogP contribution is 2.45. The number of halogens is 10. The van der Waals surface area contributed by atoms with Crippen LogP contribution in [0.5, 0.6) is 17.2 Å². The molecule has 0 aliphatic heterocycles. The number of alkyl halides is 9. The van der Waals surface area contributed by atoms with Crippen molar-refractivity contribution < 1.29 is 73.1 Å². The highest BCUT2D eigenvalue weighted by Gasteiger charge is 2.38. The molecule has 0 aliphatic carbocycles. The molecule has 9 nitrogen and oxygen atoms in total. The molecule has 0 saturated carbocycles. The summed E-state index contributed by atoms with van der Waals surface area (Å²) in [6, 6.07) is 4.34. The fourth-order valence-electron chi connectivity index (χ4n) is 5.49. The van der Waals surface area contributed by atoms with Gasteiger partial charge >= 0.3 is 24.5 Å². The molecule has 2 N–H and O–H groups in total. The van der Waals surface area contributed by atoms with Crippen LogP contribution in [0.15, 0.2) is 54.9 Å². The van der Waals surface area contributed by atoms with Crippen LogP contribution in [-0.2, 0) is 42.0 Å². The summed E-state index contributed by atoms with van der Waals surface area (Å²) >= 11 is 0. The van der Waals surface area contributed by atoms with Gasteiger partial charge in [-0.3, -0.25) is 4.79 Å². The summed E-state index contributed by atoms with van der Waals surface area (Å²) < 4.78 is 157. The molecular formula is C36H33F10N3O6. The second kappa shape index (κ2) is 16.2. The van der Waals surface area contributed by atoms with Crippen LogP contribution in [0.2, 0.25) is 0 Å². The van der Waals surface area contributed by atoms with Crippen molar-refractivity contribution >= 4 is 11.9 Å². The molecule has 298 valence electrons. The van der Waals surface area contributed by atoms with Gasteiger partial charge in [0.2, 0.25) is 5.95 Å². The number of anilines is 1. The molecular weight excluding hydrogens is 760 g/mol. The fraction of sp³-hybridized carbons (Fsp3) is 0.361. The number of methoxy groups -OCH3 is 2. The summed E-state index contributed by atoms with van der Waals surface area (Å²) in [7, 11) is 2.05. The number of hydrogen-bond acceptors (Lipinski definition) is 8. The summed E-state index contributed by atoms with van der Waals surface area (Å²) in [6.07, 6.45) is -13.4. The topological polar surface area (TPSA) is 114 Å². The lowest BCUT2D eigenvalue weighted by Gasteiger charge is -2.27. The normalized spacial score (nSPS) is 12.4. The smallest absolute Gasteiger partial charge is 0.419 e. The Bertz CT molecular complexity index is 1960. The van der Waals surface area contributed by atoms with E-state index in [9.17, 15) is 49.4 Å². The lowest BCUT2D eigenvalue weighted by molar-refractivity contribution is -0.143. The Kier molecular flexibility index (Phi) is 12.5. The molecule has 0 saturated heterocycles. The van der Waals surface area contributed by atoms with Crippen molar-refractivity contribution in [3.05, 3.63) is 94.1 Å². The minimum Gasteiger partial charge on any atom is -0.496 e. The van der Waals surface area contributed by atoms with Crippen LogP contribution in [0, 0.1) is 5.82 Å². The first-order chi connectivity index (χ1) is 25.4. The van der Waals surface area contributed by atoms with Crippen LogP contribution in [0.25, 0.3) is 11.1 Å². The minimum atomic E-state index is -5.21. The third-order valence-electron chi connectivity index (χ3n) is 8.05. The Morgan fingerprint density at radius 2 is 1.31 bits per heavy atom. The van der Waals surface area contributed by atoms with Gasteiger partial charge in [-0.1, -0.05) is 0 Å². The van der Waals surface area contributed by atoms with Gasteiger partial charge in [0, 0.05) is 36.7 Å². The van der Waals surface area contributed by atoms with E-state index in [2.05, 4.69) is 9.97 Å². The summed E-state index contributed by atoms with van der Waals surface area (Å²) in [5.74, 6) is -3.38. The van der Waals surface area contributed by atoms with Crippen LogP contribution in [0.4, 0.5) is 49.9 Å². The van der Waals surface area contributed by atoms with Crippen molar-refractivity contribution in [1.29, 1.82) is 0 Å². The Balaban J connectivity index is 1.96. The Labute approximate surface area is 307 Å². The molecule has 0 radical (unpaired) electrons. The van der Waals surface area contributed by atoms with Gasteiger partial charge in [0.1, 0.15) is 17.3 Å². The second-order valence-corrected chi connectivity index (χ2v) is 12.6. The fourth-order valence-corrected chi connectivity index (χ4v) is 5.49. The first kappa shape index (κ1) is 42.4. The SMILES string of the molecule is COc1cc(F)c(C(C)(C)O)cc1-c1cc(C(F)(F)F)c(OC)cc1CN(Cc1cc(C(F)(F)F)cc(C(F)(F)F)c1)c1ncc(OCCCC(=O)O)cn1. The molecule has 4 rings (SSSR count). The maximum absolute atomic E-state index is 15.1. The van der Waals surface area contributed by atoms with Gasteiger partial charge in [-0.15, -0.1) is 0 Å². The lowest BCUT2D eigenvalue weighted by atomic mass is 9.90. The van der Waals surface area contributed by atoms with Crippen molar-refractivity contribution in [1.82, 2.24) is 9.97 Å². The van der Waals surface area contributed by atoms with E-state index in [0.29, 0.717) is 18.2 Å². The molecule has 1 heterocycles. The summed E-state index contributed by atoms with van der Waals surface area (Å²) in [4.78, 5) is 20.1. The van der Waals surface area contributed by atoms with Crippen molar-refractivity contribution in [2.45, 2.75) is 63.9 Å². The van der Waals surface area contributed by atoms with E-state index in [4.69, 9.17) is 19.3 Å². The van der Waals surface area contributed by atoms with Crippen molar-refractivity contribution in [3.8, 4) is 28.4 Å². The molecule has 4 aromatic rings. The van der Waals surface area contributed by atoms with Crippen molar-refractivity contribution in [2.75, 3.05) is 25.7 Å². The summed E-state index contributed by atoms with van der Waals surface area (Å²) in [5.41, 5.74) is -7.87. The molecule has 0 amide bonds. The Morgan fingerprint density at radius 1 is 0.745 bits per heavy atom. The van der Waals surface area contributed by atoms with Gasteiger partial charge in [-0.05, 0) is 73.4 Å². The van der Waals surface area contributed by atoms with Gasteiger partial charge in [0.15, 0.2) is 5.75 Å². The average Bonchev–Trinajstić information content (AvgIpc) is 3.08. The maximum Gasteiger partial charge on any atom is 0.419 e. The zero-order valence-corrected chi connectivity index (χ0v) is 29.4. The van der Waals surface area contributed by atoms with E-state index in [1.165, 1.54) is 13.8 Å². The van der Waals surface area contributed by atoms with E-state index in [0.717, 1.165) is 49.7 Å². The molecule has 0 spiro atoms. The number of carboxylic acids is 1. The third kappa shape index (κ3) is 10.7. The largest absolute Gasteiger partial charge is 0.496 e. The van der Waals surface area contributed by atoms with Crippen LogP contribution in [0.1, 0.15) is 60.1 Å². The number of benzene rings is 3. The first-order valence-electron chi connectivity index (χ1n) is 16.0. The van der Waals surface area contributed by atoms with Gasteiger partial charge in [0.25, 0.3) is 0 Å². The number of hydrogen-bond donors (Lipinski definition) is 2. The van der Waals surface area contributed by atoms with Crippen LogP contribution in [-0.4, -0.2) is 47.0 Å². The van der Waals surface area contributed by atoms with Crippen LogP contribution < -0.4 is 19.1 Å². The number of aliphatic carboxylic acids is 1. The van der Waals surface area contributed by atoms with E-state index in [1.54, 1.807) is 0 Å². The van der Waals surface area contributed by atoms with Crippen molar-refractivity contribution in [2.24, 2.45) is 0 Å². The molecule has 0 bridgehead atoms. The molecule has 3 aromatic carbocycles. The van der Waals surface area contributed by atoms with Crippen LogP contribution in [0.3, 0.4) is 0 Å². The number of ether oxygens (including phenoxy) is 3. The number of carboxylic acid groups (broad SMARTS) is 1. The average molecular weight is 794 g/mol. The van der Waals surface area contributed by atoms with E-state index >= 15 is 4.39 Å². The quantitative estimate of drug-likeness (QED) is 0.0954. The van der Waals surface area contributed by atoms with Gasteiger partial charge in [-0.2, -0.15) is 39.5 Å². The number of rotatable bonds is 14. The Hall–Kier alpha value is -5.33.